The highest BCUT2D eigenvalue weighted by Gasteiger charge is 2.02. The second-order valence-corrected chi connectivity index (χ2v) is 2.77. The average Bonchev–Trinajstić information content (AvgIpc) is 2.65. The lowest BCUT2D eigenvalue weighted by Gasteiger charge is -2.05. The molecule has 4 nitrogen and oxygen atoms in total. The van der Waals surface area contributed by atoms with Gasteiger partial charge < -0.3 is 4.74 Å². The Kier molecular flexibility index (Phi) is 2.18. The monoisotopic (exact) mass is 188 g/mol. The summed E-state index contributed by atoms with van der Waals surface area (Å²) in [6.45, 7) is 3.78. The smallest absolute Gasteiger partial charge is 0.141 e. The van der Waals surface area contributed by atoms with Crippen LogP contribution >= 0.6 is 0 Å². The van der Waals surface area contributed by atoms with Crippen LogP contribution in [0.15, 0.2) is 30.7 Å². The van der Waals surface area contributed by atoms with Crippen LogP contribution in [0, 0.1) is 6.92 Å². The minimum atomic E-state index is 0.658. The summed E-state index contributed by atoms with van der Waals surface area (Å²) in [5, 5.41) is 0. The minimum absolute atomic E-state index is 0.658. The number of ether oxygens (including phenoxy) is 1. The van der Waals surface area contributed by atoms with Gasteiger partial charge in [0.2, 0.25) is 0 Å². The fourth-order valence-electron chi connectivity index (χ4n) is 1.20. The van der Waals surface area contributed by atoms with E-state index >= 15 is 0 Å². The summed E-state index contributed by atoms with van der Waals surface area (Å²) >= 11 is 0. The predicted molar refractivity (Wildman–Crippen MR) is 52.4 cm³/mol. The number of nitrogens with zero attached hydrogens (tertiary/aromatic N) is 3. The fraction of sp³-hybridized carbons (Fsp3) is 0.100. The molecule has 1 radical (unpaired) electrons. The van der Waals surface area contributed by atoms with Crippen molar-refractivity contribution in [2.75, 3.05) is 7.11 Å². The Hall–Kier alpha value is -1.84. The molecule has 0 aliphatic carbocycles. The third-order valence-corrected chi connectivity index (χ3v) is 1.92. The molecule has 0 amide bonds. The van der Waals surface area contributed by atoms with Crippen molar-refractivity contribution in [3.8, 4) is 11.6 Å². The van der Waals surface area contributed by atoms with Gasteiger partial charge in [0.05, 0.1) is 7.11 Å². The van der Waals surface area contributed by atoms with Crippen molar-refractivity contribution in [2.45, 2.75) is 0 Å². The van der Waals surface area contributed by atoms with Gasteiger partial charge in [-0.3, -0.25) is 4.57 Å². The molecule has 2 aromatic rings. The third-order valence-electron chi connectivity index (χ3n) is 1.92. The van der Waals surface area contributed by atoms with Crippen molar-refractivity contribution in [1.29, 1.82) is 0 Å². The van der Waals surface area contributed by atoms with Gasteiger partial charge in [0, 0.05) is 31.6 Å². The van der Waals surface area contributed by atoms with Gasteiger partial charge in [-0.2, -0.15) is 0 Å². The highest BCUT2D eigenvalue weighted by atomic mass is 16.5. The average molecular weight is 188 g/mol. The zero-order valence-corrected chi connectivity index (χ0v) is 7.84. The van der Waals surface area contributed by atoms with Gasteiger partial charge in [-0.1, -0.05) is 0 Å². The molecule has 0 aliphatic rings. The lowest BCUT2D eigenvalue weighted by Crippen LogP contribution is -1.98. The largest absolute Gasteiger partial charge is 0.497 e. The van der Waals surface area contributed by atoms with Crippen LogP contribution in [-0.2, 0) is 0 Å². The Balaban J connectivity index is 2.47. The summed E-state index contributed by atoms with van der Waals surface area (Å²) in [5.74, 6) is 2.18. The number of aromatic nitrogens is 3. The van der Waals surface area contributed by atoms with Gasteiger partial charge in [0.15, 0.2) is 0 Å². The fourth-order valence-corrected chi connectivity index (χ4v) is 1.20. The van der Waals surface area contributed by atoms with Crippen molar-refractivity contribution < 1.29 is 4.74 Å². The summed E-state index contributed by atoms with van der Waals surface area (Å²) < 4.78 is 6.89. The van der Waals surface area contributed by atoms with Gasteiger partial charge in [-0.05, 0) is 6.07 Å². The number of hydrogen-bond donors (Lipinski definition) is 0. The van der Waals surface area contributed by atoms with Gasteiger partial charge >= 0.3 is 0 Å². The topological polar surface area (TPSA) is 39.9 Å². The van der Waals surface area contributed by atoms with Crippen molar-refractivity contribution in [3.05, 3.63) is 43.5 Å². The van der Waals surface area contributed by atoms with E-state index in [9.17, 15) is 0 Å². The molecule has 4 heteroatoms. The number of hydrogen-bond acceptors (Lipinski definition) is 3. The molecule has 0 saturated carbocycles. The third kappa shape index (κ3) is 1.46. The number of rotatable bonds is 2. The highest BCUT2D eigenvalue weighted by Crippen LogP contribution is 2.14. The maximum absolute atomic E-state index is 5.10. The first-order chi connectivity index (χ1) is 6.81. The molecule has 0 unspecified atom stereocenters. The van der Waals surface area contributed by atoms with Crippen LogP contribution in [0.5, 0.6) is 5.75 Å². The molecule has 14 heavy (non-hydrogen) atoms. The summed E-state index contributed by atoms with van der Waals surface area (Å²) in [6.07, 6.45) is 5.18. The van der Waals surface area contributed by atoms with E-state index in [1.165, 1.54) is 0 Å². The summed E-state index contributed by atoms with van der Waals surface area (Å²) in [7, 11) is 1.62. The maximum Gasteiger partial charge on any atom is 0.141 e. The Labute approximate surface area is 82.2 Å². The van der Waals surface area contributed by atoms with E-state index < -0.39 is 0 Å². The molecule has 0 saturated heterocycles. The minimum Gasteiger partial charge on any atom is -0.497 e. The molecule has 0 N–H and O–H groups in total. The van der Waals surface area contributed by atoms with Crippen LogP contribution in [-0.4, -0.2) is 21.6 Å². The van der Waals surface area contributed by atoms with Crippen LogP contribution in [0.3, 0.4) is 0 Å². The molecule has 0 bridgehead atoms. The van der Waals surface area contributed by atoms with E-state index in [1.54, 1.807) is 30.1 Å². The Morgan fingerprint density at radius 2 is 2.21 bits per heavy atom. The Bertz CT molecular complexity index is 436. The lowest BCUT2D eigenvalue weighted by molar-refractivity contribution is 0.414. The van der Waals surface area contributed by atoms with Crippen LogP contribution in [0.25, 0.3) is 5.82 Å². The van der Waals surface area contributed by atoms with E-state index in [-0.39, 0.29) is 0 Å². The van der Waals surface area contributed by atoms with Crippen LogP contribution < -0.4 is 4.74 Å². The van der Waals surface area contributed by atoms with Gasteiger partial charge in [-0.25, -0.2) is 9.97 Å². The first-order valence-electron chi connectivity index (χ1n) is 4.17. The molecule has 2 rings (SSSR count). The Morgan fingerprint density at radius 1 is 1.36 bits per heavy atom. The van der Waals surface area contributed by atoms with E-state index in [1.807, 2.05) is 12.3 Å². The van der Waals surface area contributed by atoms with Crippen LogP contribution in [0.1, 0.15) is 5.82 Å². The highest BCUT2D eigenvalue weighted by molar-refractivity contribution is 5.33. The summed E-state index contributed by atoms with van der Waals surface area (Å²) in [4.78, 5) is 8.21. The van der Waals surface area contributed by atoms with E-state index in [2.05, 4.69) is 16.9 Å². The van der Waals surface area contributed by atoms with Crippen molar-refractivity contribution in [2.24, 2.45) is 0 Å². The molecule has 0 aliphatic heterocycles. The molecular weight excluding hydrogens is 178 g/mol. The van der Waals surface area contributed by atoms with Gasteiger partial charge in [0.25, 0.3) is 0 Å². The van der Waals surface area contributed by atoms with Crippen molar-refractivity contribution in [3.63, 3.8) is 0 Å². The summed E-state index contributed by atoms with van der Waals surface area (Å²) in [6, 6.07) is 3.62. The quantitative estimate of drug-likeness (QED) is 0.716. The first kappa shape index (κ1) is 8.74. The molecule has 0 fully saturated rings. The molecular formula is C10H10N3O. The normalized spacial score (nSPS) is 10.1. The summed E-state index contributed by atoms with van der Waals surface area (Å²) in [5.41, 5.74) is 0. The number of pyridine rings is 1. The SMILES string of the molecule is [CH2]c1nccn1-c1cc(OC)ccn1. The standard InChI is InChI=1S/C10H10N3O/c1-8-11-5-6-13(8)10-7-9(14-2)3-4-12-10/h3-7H,1H2,2H3. The predicted octanol–water partition coefficient (Wildman–Crippen LogP) is 1.46. The van der Waals surface area contributed by atoms with E-state index in [0.29, 0.717) is 5.82 Å². The van der Waals surface area contributed by atoms with Crippen molar-refractivity contribution >= 4 is 0 Å². The van der Waals surface area contributed by atoms with Gasteiger partial charge in [0.1, 0.15) is 17.4 Å². The lowest BCUT2D eigenvalue weighted by atomic mass is 10.4. The second kappa shape index (κ2) is 3.49. The molecule has 71 valence electrons. The molecule has 0 atom stereocenters. The molecule has 2 aromatic heterocycles. The zero-order valence-electron chi connectivity index (χ0n) is 7.84. The molecule has 0 aromatic carbocycles. The van der Waals surface area contributed by atoms with E-state index in [0.717, 1.165) is 11.6 Å². The van der Waals surface area contributed by atoms with E-state index in [4.69, 9.17) is 4.74 Å². The second-order valence-electron chi connectivity index (χ2n) is 2.77. The first-order valence-corrected chi connectivity index (χ1v) is 4.17. The van der Waals surface area contributed by atoms with Gasteiger partial charge in [-0.15, -0.1) is 0 Å². The van der Waals surface area contributed by atoms with Crippen molar-refractivity contribution in [1.82, 2.24) is 14.5 Å². The molecule has 0 spiro atoms. The Morgan fingerprint density at radius 3 is 2.86 bits per heavy atom. The number of imidazole rings is 1. The molecule has 2 heterocycles. The number of methoxy groups -OCH3 is 1. The zero-order chi connectivity index (χ0) is 9.97. The van der Waals surface area contributed by atoms with Crippen LogP contribution in [0.2, 0.25) is 0 Å². The maximum atomic E-state index is 5.10. The van der Waals surface area contributed by atoms with Crippen LogP contribution in [0.4, 0.5) is 0 Å².